The zero-order valence-electron chi connectivity index (χ0n) is 9.35. The van der Waals surface area contributed by atoms with E-state index in [9.17, 15) is 0 Å². The van der Waals surface area contributed by atoms with Gasteiger partial charge in [-0.15, -0.1) is 0 Å². The molecule has 84 valence electrons. The van der Waals surface area contributed by atoms with Gasteiger partial charge in [-0.3, -0.25) is 4.99 Å². The third-order valence-corrected chi connectivity index (χ3v) is 2.49. The van der Waals surface area contributed by atoms with Crippen LogP contribution in [-0.2, 0) is 0 Å². The van der Waals surface area contributed by atoms with Crippen LogP contribution >= 0.6 is 0 Å². The Hall–Kier alpha value is -1.84. The van der Waals surface area contributed by atoms with Crippen molar-refractivity contribution in [1.82, 2.24) is 0 Å². The van der Waals surface area contributed by atoms with Crippen LogP contribution in [0.4, 0.5) is 11.4 Å². The molecule has 0 aromatic heterocycles. The van der Waals surface area contributed by atoms with Crippen molar-refractivity contribution in [3.8, 4) is 0 Å². The maximum atomic E-state index is 5.86. The molecule has 0 aliphatic carbocycles. The SMILES string of the molecule is CC1CN=CN=C(Nc2ccccc2N)C1. The predicted octanol–water partition coefficient (Wildman–Crippen LogP) is 2.15. The first-order chi connectivity index (χ1) is 7.75. The molecule has 1 unspecified atom stereocenters. The zero-order chi connectivity index (χ0) is 11.4. The van der Waals surface area contributed by atoms with Gasteiger partial charge in [0.1, 0.15) is 12.2 Å². The average Bonchev–Trinajstić information content (AvgIpc) is 2.46. The summed E-state index contributed by atoms with van der Waals surface area (Å²) in [4.78, 5) is 8.45. The van der Waals surface area contributed by atoms with Crippen molar-refractivity contribution in [2.45, 2.75) is 13.3 Å². The van der Waals surface area contributed by atoms with Gasteiger partial charge in [0.2, 0.25) is 0 Å². The summed E-state index contributed by atoms with van der Waals surface area (Å²) in [5.41, 5.74) is 7.50. The van der Waals surface area contributed by atoms with Crippen molar-refractivity contribution in [3.05, 3.63) is 24.3 Å². The van der Waals surface area contributed by atoms with Gasteiger partial charge in [0, 0.05) is 13.0 Å². The minimum Gasteiger partial charge on any atom is -0.397 e. The van der Waals surface area contributed by atoms with E-state index < -0.39 is 0 Å². The summed E-state index contributed by atoms with van der Waals surface area (Å²) in [5, 5.41) is 3.25. The Labute approximate surface area is 95.3 Å². The van der Waals surface area contributed by atoms with Gasteiger partial charge in [-0.2, -0.15) is 0 Å². The van der Waals surface area contributed by atoms with E-state index in [0.29, 0.717) is 5.92 Å². The van der Waals surface area contributed by atoms with Crippen LogP contribution in [0, 0.1) is 5.92 Å². The van der Waals surface area contributed by atoms with Crippen LogP contribution in [0.25, 0.3) is 0 Å². The minimum atomic E-state index is 0.509. The van der Waals surface area contributed by atoms with Crippen LogP contribution in [0.1, 0.15) is 13.3 Å². The number of hydrogen-bond donors (Lipinski definition) is 2. The molecule has 0 radical (unpaired) electrons. The van der Waals surface area contributed by atoms with Crippen LogP contribution in [0.2, 0.25) is 0 Å². The third-order valence-electron chi connectivity index (χ3n) is 2.49. The van der Waals surface area contributed by atoms with E-state index in [1.807, 2.05) is 24.3 Å². The lowest BCUT2D eigenvalue weighted by Gasteiger charge is -2.12. The van der Waals surface area contributed by atoms with E-state index in [1.54, 1.807) is 6.34 Å². The summed E-state index contributed by atoms with van der Waals surface area (Å²) in [6, 6.07) is 7.69. The first kappa shape index (κ1) is 10.7. The van der Waals surface area contributed by atoms with E-state index >= 15 is 0 Å². The maximum Gasteiger partial charge on any atom is 0.111 e. The molecule has 0 saturated carbocycles. The fourth-order valence-electron chi connectivity index (χ4n) is 1.63. The highest BCUT2D eigenvalue weighted by Gasteiger charge is 2.10. The number of nitrogen functional groups attached to an aromatic ring is 1. The number of rotatable bonds is 1. The first-order valence-corrected chi connectivity index (χ1v) is 5.42. The second-order valence-corrected chi connectivity index (χ2v) is 4.08. The van der Waals surface area contributed by atoms with Crippen molar-refractivity contribution in [3.63, 3.8) is 0 Å². The van der Waals surface area contributed by atoms with Crippen LogP contribution in [0.3, 0.4) is 0 Å². The largest absolute Gasteiger partial charge is 0.397 e. The molecule has 4 heteroatoms. The van der Waals surface area contributed by atoms with Crippen LogP contribution in [0.5, 0.6) is 0 Å². The molecule has 16 heavy (non-hydrogen) atoms. The fourth-order valence-corrected chi connectivity index (χ4v) is 1.63. The standard InChI is InChI=1S/C12H16N4/c1-9-6-12(15-8-14-7-9)16-11-5-3-2-4-10(11)13/h2-5,8-9H,6-7,13H2,1H3,(H,14,15,16). The van der Waals surface area contributed by atoms with Gasteiger partial charge < -0.3 is 11.1 Å². The molecule has 0 spiro atoms. The molecule has 1 atom stereocenters. The molecule has 4 nitrogen and oxygen atoms in total. The Balaban J connectivity index is 2.13. The highest BCUT2D eigenvalue weighted by Crippen LogP contribution is 2.18. The quantitative estimate of drug-likeness (QED) is 0.706. The van der Waals surface area contributed by atoms with Gasteiger partial charge in [-0.25, -0.2) is 4.99 Å². The number of nitrogens with two attached hydrogens (primary N) is 1. The number of aliphatic imine (C=N–C) groups is 2. The summed E-state index contributed by atoms with van der Waals surface area (Å²) in [6.45, 7) is 2.99. The van der Waals surface area contributed by atoms with Crippen molar-refractivity contribution in [2.24, 2.45) is 15.9 Å². The van der Waals surface area contributed by atoms with Crippen molar-refractivity contribution in [1.29, 1.82) is 0 Å². The molecule has 1 aliphatic heterocycles. The molecule has 1 aromatic rings. The summed E-state index contributed by atoms with van der Waals surface area (Å²) < 4.78 is 0. The lowest BCUT2D eigenvalue weighted by Crippen LogP contribution is -2.16. The van der Waals surface area contributed by atoms with E-state index in [4.69, 9.17) is 5.73 Å². The first-order valence-electron chi connectivity index (χ1n) is 5.42. The molecular formula is C12H16N4. The topological polar surface area (TPSA) is 62.8 Å². The number of amidine groups is 1. The van der Waals surface area contributed by atoms with E-state index in [2.05, 4.69) is 22.2 Å². The number of nitrogens with one attached hydrogen (secondary N) is 1. The van der Waals surface area contributed by atoms with Gasteiger partial charge in [0.05, 0.1) is 11.4 Å². The van der Waals surface area contributed by atoms with E-state index in [1.165, 1.54) is 0 Å². The van der Waals surface area contributed by atoms with Crippen LogP contribution in [0.15, 0.2) is 34.3 Å². The van der Waals surface area contributed by atoms with Crippen molar-refractivity contribution >= 4 is 23.5 Å². The van der Waals surface area contributed by atoms with Gasteiger partial charge >= 0.3 is 0 Å². The Bertz CT molecular complexity index is 423. The molecule has 3 N–H and O–H groups in total. The highest BCUT2D eigenvalue weighted by molar-refractivity contribution is 6.01. The Kier molecular flexibility index (Phi) is 3.19. The fraction of sp³-hybridized carbons (Fsp3) is 0.333. The molecule has 0 fully saturated rings. The lowest BCUT2D eigenvalue weighted by atomic mass is 10.1. The zero-order valence-corrected chi connectivity index (χ0v) is 9.35. The van der Waals surface area contributed by atoms with E-state index in [0.717, 1.165) is 30.2 Å². The highest BCUT2D eigenvalue weighted by atomic mass is 15.0. The number of nitrogens with zero attached hydrogens (tertiary/aromatic N) is 2. The Morgan fingerprint density at radius 1 is 1.38 bits per heavy atom. The summed E-state index contributed by atoms with van der Waals surface area (Å²) in [6.07, 6.45) is 2.51. The number of anilines is 2. The van der Waals surface area contributed by atoms with Gasteiger partial charge in [-0.1, -0.05) is 19.1 Å². The minimum absolute atomic E-state index is 0.509. The number of hydrogen-bond acceptors (Lipinski definition) is 4. The monoisotopic (exact) mass is 216 g/mol. The molecule has 0 bridgehead atoms. The van der Waals surface area contributed by atoms with Crippen LogP contribution < -0.4 is 11.1 Å². The Morgan fingerprint density at radius 2 is 2.19 bits per heavy atom. The molecule has 1 aromatic carbocycles. The van der Waals surface area contributed by atoms with Crippen molar-refractivity contribution < 1.29 is 0 Å². The molecule has 0 amide bonds. The molecular weight excluding hydrogens is 200 g/mol. The van der Waals surface area contributed by atoms with E-state index in [-0.39, 0.29) is 0 Å². The number of para-hydroxylation sites is 2. The maximum absolute atomic E-state index is 5.86. The second-order valence-electron chi connectivity index (χ2n) is 4.08. The lowest BCUT2D eigenvalue weighted by molar-refractivity contribution is 0.629. The summed E-state index contributed by atoms with van der Waals surface area (Å²) in [5.74, 6) is 1.43. The molecule has 1 heterocycles. The van der Waals surface area contributed by atoms with Gasteiger partial charge in [0.15, 0.2) is 0 Å². The van der Waals surface area contributed by atoms with Gasteiger partial charge in [0.25, 0.3) is 0 Å². The molecule has 1 aliphatic rings. The molecule has 2 rings (SSSR count). The van der Waals surface area contributed by atoms with Crippen LogP contribution in [-0.4, -0.2) is 18.7 Å². The van der Waals surface area contributed by atoms with Gasteiger partial charge in [-0.05, 0) is 18.1 Å². The predicted molar refractivity (Wildman–Crippen MR) is 69.1 cm³/mol. The second kappa shape index (κ2) is 4.79. The Morgan fingerprint density at radius 3 is 3.00 bits per heavy atom. The molecule has 0 saturated heterocycles. The number of benzene rings is 1. The average molecular weight is 216 g/mol. The summed E-state index contributed by atoms with van der Waals surface area (Å²) in [7, 11) is 0. The summed E-state index contributed by atoms with van der Waals surface area (Å²) >= 11 is 0. The normalized spacial score (nSPS) is 20.1. The van der Waals surface area contributed by atoms with Crippen molar-refractivity contribution in [2.75, 3.05) is 17.6 Å². The smallest absolute Gasteiger partial charge is 0.111 e. The third kappa shape index (κ3) is 2.59.